The standard InChI is InChI=1S/C20H20ClF3N2O/c1-12(10-19(2,3)4)13-5-7-14(8-6-13)18(27)26-17-16(21)9-15(11-25-17)20(22,23)24/h5-11H,1-4H3,(H,25,26,27)/b12-10+. The molecule has 0 aliphatic heterocycles. The molecule has 7 heteroatoms. The Morgan fingerprint density at radius 2 is 1.67 bits per heavy atom. The number of hydrogen-bond donors (Lipinski definition) is 1. The smallest absolute Gasteiger partial charge is 0.305 e. The van der Waals surface area contributed by atoms with Crippen LogP contribution in [-0.2, 0) is 6.18 Å². The van der Waals surface area contributed by atoms with Gasteiger partial charge in [-0.3, -0.25) is 4.79 Å². The number of pyridine rings is 1. The summed E-state index contributed by atoms with van der Waals surface area (Å²) in [5, 5.41) is 2.15. The minimum atomic E-state index is -4.55. The fourth-order valence-corrected chi connectivity index (χ4v) is 2.70. The molecular weight excluding hydrogens is 377 g/mol. The summed E-state index contributed by atoms with van der Waals surface area (Å²) in [7, 11) is 0. The normalized spacial score (nSPS) is 12.8. The molecule has 1 amide bonds. The molecule has 0 fully saturated rings. The Kier molecular flexibility index (Phi) is 6.00. The number of halogens is 4. The summed E-state index contributed by atoms with van der Waals surface area (Å²) in [4.78, 5) is 15.9. The quantitative estimate of drug-likeness (QED) is 0.647. The molecule has 0 saturated carbocycles. The molecule has 0 aliphatic carbocycles. The molecule has 3 nitrogen and oxygen atoms in total. The van der Waals surface area contributed by atoms with Gasteiger partial charge in [-0.1, -0.05) is 50.6 Å². The van der Waals surface area contributed by atoms with Crippen LogP contribution < -0.4 is 5.32 Å². The fraction of sp³-hybridized carbons (Fsp3) is 0.300. The first-order valence-electron chi connectivity index (χ1n) is 8.21. The molecule has 1 aromatic heterocycles. The number of allylic oxidation sites excluding steroid dienone is 2. The van der Waals surface area contributed by atoms with Crippen molar-refractivity contribution in [3.8, 4) is 0 Å². The maximum Gasteiger partial charge on any atom is 0.417 e. The Hall–Kier alpha value is -2.34. The Balaban J connectivity index is 2.16. The Labute approximate surface area is 161 Å². The van der Waals surface area contributed by atoms with Gasteiger partial charge in [0.2, 0.25) is 0 Å². The molecule has 144 valence electrons. The second kappa shape index (κ2) is 7.72. The van der Waals surface area contributed by atoms with Crippen LogP contribution in [0.5, 0.6) is 0 Å². The predicted molar refractivity (Wildman–Crippen MR) is 102 cm³/mol. The first kappa shape index (κ1) is 21.0. The third-order valence-electron chi connectivity index (χ3n) is 3.65. The summed E-state index contributed by atoms with van der Waals surface area (Å²) in [5.74, 6) is -0.629. The zero-order valence-corrected chi connectivity index (χ0v) is 16.2. The van der Waals surface area contributed by atoms with Gasteiger partial charge in [0.15, 0.2) is 5.82 Å². The number of anilines is 1. The van der Waals surface area contributed by atoms with E-state index >= 15 is 0 Å². The first-order valence-corrected chi connectivity index (χ1v) is 8.58. The average Bonchev–Trinajstić information content (AvgIpc) is 2.54. The molecule has 0 spiro atoms. The van der Waals surface area contributed by atoms with Gasteiger partial charge in [0.05, 0.1) is 10.6 Å². The summed E-state index contributed by atoms with van der Waals surface area (Å²) in [6, 6.07) is 7.64. The van der Waals surface area contributed by atoms with Gasteiger partial charge < -0.3 is 5.32 Å². The Bertz CT molecular complexity index is 866. The molecule has 1 N–H and O–H groups in total. The number of alkyl halides is 3. The highest BCUT2D eigenvalue weighted by Crippen LogP contribution is 2.32. The van der Waals surface area contributed by atoms with Crippen LogP contribution >= 0.6 is 11.6 Å². The van der Waals surface area contributed by atoms with E-state index in [9.17, 15) is 18.0 Å². The van der Waals surface area contributed by atoms with Crippen LogP contribution in [0.4, 0.5) is 19.0 Å². The van der Waals surface area contributed by atoms with Crippen molar-refractivity contribution < 1.29 is 18.0 Å². The molecule has 27 heavy (non-hydrogen) atoms. The van der Waals surface area contributed by atoms with Gasteiger partial charge in [-0.2, -0.15) is 13.2 Å². The molecule has 0 aliphatic rings. The monoisotopic (exact) mass is 396 g/mol. The lowest BCUT2D eigenvalue weighted by Gasteiger charge is -2.14. The maximum absolute atomic E-state index is 12.6. The number of rotatable bonds is 3. The van der Waals surface area contributed by atoms with E-state index in [0.717, 1.165) is 17.2 Å². The van der Waals surface area contributed by atoms with E-state index in [1.807, 2.05) is 19.1 Å². The van der Waals surface area contributed by atoms with Crippen molar-refractivity contribution in [2.24, 2.45) is 5.41 Å². The molecular formula is C20H20ClF3N2O. The fourth-order valence-electron chi connectivity index (χ4n) is 2.48. The van der Waals surface area contributed by atoms with E-state index in [-0.39, 0.29) is 16.3 Å². The van der Waals surface area contributed by atoms with E-state index in [1.165, 1.54) is 0 Å². The van der Waals surface area contributed by atoms with E-state index < -0.39 is 17.6 Å². The van der Waals surface area contributed by atoms with Gasteiger partial charge in [0.1, 0.15) is 0 Å². The number of aromatic nitrogens is 1. The average molecular weight is 397 g/mol. The number of nitrogens with zero attached hydrogens (tertiary/aromatic N) is 1. The van der Waals surface area contributed by atoms with Crippen LogP contribution in [0.15, 0.2) is 42.6 Å². The van der Waals surface area contributed by atoms with Crippen LogP contribution in [-0.4, -0.2) is 10.9 Å². The summed E-state index contributed by atoms with van der Waals surface area (Å²) < 4.78 is 37.9. The molecule has 1 aromatic carbocycles. The number of hydrogen-bond acceptors (Lipinski definition) is 2. The summed E-state index contributed by atoms with van der Waals surface area (Å²) >= 11 is 5.81. The lowest BCUT2D eigenvalue weighted by atomic mass is 9.91. The molecule has 2 rings (SSSR count). The molecule has 0 atom stereocenters. The molecule has 1 heterocycles. The summed E-state index contributed by atoms with van der Waals surface area (Å²) in [5.41, 5.74) is 1.47. The summed E-state index contributed by atoms with van der Waals surface area (Å²) in [6.45, 7) is 8.28. The topological polar surface area (TPSA) is 42.0 Å². The van der Waals surface area contributed by atoms with Crippen LogP contribution in [0.3, 0.4) is 0 Å². The van der Waals surface area contributed by atoms with Gasteiger partial charge in [0, 0.05) is 11.8 Å². The van der Waals surface area contributed by atoms with Gasteiger partial charge >= 0.3 is 6.18 Å². The number of amides is 1. The van der Waals surface area contributed by atoms with Crippen molar-refractivity contribution in [2.75, 3.05) is 5.32 Å². The highest BCUT2D eigenvalue weighted by atomic mass is 35.5. The number of benzene rings is 1. The summed E-state index contributed by atoms with van der Waals surface area (Å²) in [6.07, 6.45) is -1.79. The second-order valence-electron chi connectivity index (χ2n) is 7.28. The number of nitrogens with one attached hydrogen (secondary N) is 1. The molecule has 0 unspecified atom stereocenters. The van der Waals surface area contributed by atoms with Gasteiger partial charge in [0.25, 0.3) is 5.91 Å². The SMILES string of the molecule is C/C(=C\C(C)(C)C)c1ccc(C(=O)Nc2ncc(C(F)(F)F)cc2Cl)cc1. The number of carbonyl (C=O) groups excluding carboxylic acids is 1. The van der Waals surface area contributed by atoms with E-state index in [1.54, 1.807) is 12.1 Å². The predicted octanol–water partition coefficient (Wildman–Crippen LogP) is 6.46. The molecule has 0 bridgehead atoms. The Morgan fingerprint density at radius 1 is 1.11 bits per heavy atom. The minimum absolute atomic E-state index is 0.0329. The van der Waals surface area contributed by atoms with E-state index in [0.29, 0.717) is 11.8 Å². The number of carbonyl (C=O) groups is 1. The third-order valence-corrected chi connectivity index (χ3v) is 3.94. The van der Waals surface area contributed by atoms with Crippen molar-refractivity contribution in [2.45, 2.75) is 33.9 Å². The van der Waals surface area contributed by atoms with E-state index in [2.05, 4.69) is 37.1 Å². The van der Waals surface area contributed by atoms with Crippen LogP contribution in [0.2, 0.25) is 5.02 Å². The molecule has 0 saturated heterocycles. The van der Waals surface area contributed by atoms with Gasteiger partial charge in [-0.15, -0.1) is 0 Å². The van der Waals surface area contributed by atoms with Crippen LogP contribution in [0.25, 0.3) is 5.57 Å². The van der Waals surface area contributed by atoms with Crippen molar-refractivity contribution in [3.05, 3.63) is 64.3 Å². The van der Waals surface area contributed by atoms with Gasteiger partial charge in [-0.25, -0.2) is 4.98 Å². The lowest BCUT2D eigenvalue weighted by Crippen LogP contribution is -2.14. The zero-order chi connectivity index (χ0) is 20.4. The highest BCUT2D eigenvalue weighted by Gasteiger charge is 2.31. The maximum atomic E-state index is 12.6. The highest BCUT2D eigenvalue weighted by molar-refractivity contribution is 6.33. The van der Waals surface area contributed by atoms with Crippen LogP contribution in [0, 0.1) is 5.41 Å². The van der Waals surface area contributed by atoms with Crippen LogP contribution in [0.1, 0.15) is 49.2 Å². The van der Waals surface area contributed by atoms with Crippen molar-refractivity contribution in [3.63, 3.8) is 0 Å². The third kappa shape index (κ3) is 5.82. The molecule has 2 aromatic rings. The Morgan fingerprint density at radius 3 is 2.15 bits per heavy atom. The first-order chi connectivity index (χ1) is 12.4. The van der Waals surface area contributed by atoms with Crippen molar-refractivity contribution in [1.29, 1.82) is 0 Å². The minimum Gasteiger partial charge on any atom is -0.305 e. The zero-order valence-electron chi connectivity index (χ0n) is 15.4. The lowest BCUT2D eigenvalue weighted by molar-refractivity contribution is -0.137. The van der Waals surface area contributed by atoms with Crippen molar-refractivity contribution in [1.82, 2.24) is 4.98 Å². The second-order valence-corrected chi connectivity index (χ2v) is 7.68. The molecule has 0 radical (unpaired) electrons. The van der Waals surface area contributed by atoms with E-state index in [4.69, 9.17) is 11.6 Å². The largest absolute Gasteiger partial charge is 0.417 e. The van der Waals surface area contributed by atoms with Crippen molar-refractivity contribution >= 4 is 28.9 Å². The van der Waals surface area contributed by atoms with Gasteiger partial charge in [-0.05, 0) is 41.7 Å².